The fourth-order valence-electron chi connectivity index (χ4n) is 4.28. The van der Waals surface area contributed by atoms with Crippen molar-refractivity contribution in [1.29, 1.82) is 0 Å². The Morgan fingerprint density at radius 3 is 2.40 bits per heavy atom. The molecule has 0 radical (unpaired) electrons. The highest BCUT2D eigenvalue weighted by Gasteiger charge is 2.49. The van der Waals surface area contributed by atoms with Crippen molar-refractivity contribution in [2.75, 3.05) is 13.1 Å². The average Bonchev–Trinajstić information content (AvgIpc) is 2.64. The van der Waals surface area contributed by atoms with Crippen molar-refractivity contribution in [2.24, 2.45) is 11.3 Å². The van der Waals surface area contributed by atoms with E-state index in [-0.39, 0.29) is 31.2 Å². The van der Waals surface area contributed by atoms with Crippen LogP contribution in [0, 0.1) is 11.3 Å². The van der Waals surface area contributed by atoms with Crippen LogP contribution in [0.1, 0.15) is 44.1 Å². The first-order valence-corrected chi connectivity index (χ1v) is 9.27. The molecule has 2 fully saturated rings. The van der Waals surface area contributed by atoms with Crippen molar-refractivity contribution in [1.82, 2.24) is 4.90 Å². The molecule has 25 heavy (non-hydrogen) atoms. The van der Waals surface area contributed by atoms with E-state index in [1.54, 1.807) is 4.90 Å². The molecule has 0 spiro atoms. The van der Waals surface area contributed by atoms with Crippen molar-refractivity contribution in [3.63, 3.8) is 0 Å². The van der Waals surface area contributed by atoms with Crippen LogP contribution in [0.3, 0.4) is 0 Å². The highest BCUT2D eigenvalue weighted by atomic mass is 16.4. The van der Waals surface area contributed by atoms with E-state index in [0.29, 0.717) is 6.54 Å². The van der Waals surface area contributed by atoms with E-state index >= 15 is 0 Å². The first-order chi connectivity index (χ1) is 12.0. The Balaban J connectivity index is 1.71. The van der Waals surface area contributed by atoms with Crippen LogP contribution < -0.4 is 0 Å². The smallest absolute Gasteiger partial charge is 0.312 e. The number of rotatable bonds is 4. The summed E-state index contributed by atoms with van der Waals surface area (Å²) in [5.74, 6) is -0.835. The molecule has 0 aromatic heterocycles. The maximum Gasteiger partial charge on any atom is 0.312 e. The fourth-order valence-corrected chi connectivity index (χ4v) is 4.28. The van der Waals surface area contributed by atoms with Gasteiger partial charge in [-0.15, -0.1) is 0 Å². The van der Waals surface area contributed by atoms with Gasteiger partial charge in [0.2, 0.25) is 5.91 Å². The Labute approximate surface area is 148 Å². The Morgan fingerprint density at radius 1 is 1.12 bits per heavy atom. The lowest BCUT2D eigenvalue weighted by Gasteiger charge is -2.44. The van der Waals surface area contributed by atoms with E-state index in [4.69, 9.17) is 0 Å². The first-order valence-electron chi connectivity index (χ1n) is 9.27. The molecule has 0 bridgehead atoms. The van der Waals surface area contributed by atoms with Crippen LogP contribution in [0.5, 0.6) is 0 Å². The lowest BCUT2D eigenvalue weighted by Crippen LogP contribution is -2.57. The van der Waals surface area contributed by atoms with Crippen LogP contribution in [0.4, 0.5) is 0 Å². The number of aliphatic hydroxyl groups is 1. The predicted octanol–water partition coefficient (Wildman–Crippen LogP) is 2.47. The highest BCUT2D eigenvalue weighted by molar-refractivity contribution is 5.80. The van der Waals surface area contributed by atoms with Crippen LogP contribution in [0.2, 0.25) is 0 Å². The number of carboxylic acids is 1. The number of carboxylic acid groups (broad SMARTS) is 1. The van der Waals surface area contributed by atoms with E-state index in [1.165, 1.54) is 6.42 Å². The monoisotopic (exact) mass is 345 g/mol. The summed E-state index contributed by atoms with van der Waals surface area (Å²) >= 11 is 0. The molecular formula is C20H27NO4. The number of carbonyl (C=O) groups is 2. The van der Waals surface area contributed by atoms with Gasteiger partial charge in [-0.1, -0.05) is 49.6 Å². The second kappa shape index (κ2) is 7.56. The maximum absolute atomic E-state index is 12.7. The molecule has 2 aliphatic rings. The molecule has 5 heteroatoms. The highest BCUT2D eigenvalue weighted by Crippen LogP contribution is 2.37. The summed E-state index contributed by atoms with van der Waals surface area (Å²) in [6.45, 7) is 0.528. The molecule has 136 valence electrons. The quantitative estimate of drug-likeness (QED) is 0.879. The zero-order valence-corrected chi connectivity index (χ0v) is 14.6. The minimum Gasteiger partial charge on any atom is -0.481 e. The maximum atomic E-state index is 12.7. The van der Waals surface area contributed by atoms with Gasteiger partial charge in [-0.3, -0.25) is 9.59 Å². The topological polar surface area (TPSA) is 77.8 Å². The van der Waals surface area contributed by atoms with Crippen LogP contribution in [0.25, 0.3) is 0 Å². The molecule has 5 nitrogen and oxygen atoms in total. The first kappa shape index (κ1) is 17.9. The van der Waals surface area contributed by atoms with Gasteiger partial charge in [0, 0.05) is 19.0 Å². The SMILES string of the molecule is O=C(C1CCCCC1)N1CC[C@](Cc2ccccc2)(C(=O)O)[C@@H](O)C1. The van der Waals surface area contributed by atoms with Gasteiger partial charge in [0.1, 0.15) is 5.41 Å². The van der Waals surface area contributed by atoms with Gasteiger partial charge in [0.15, 0.2) is 0 Å². The zero-order valence-electron chi connectivity index (χ0n) is 14.6. The predicted molar refractivity (Wildman–Crippen MR) is 94.0 cm³/mol. The molecule has 1 aromatic carbocycles. The third-order valence-corrected chi connectivity index (χ3v) is 5.91. The number of hydrogen-bond acceptors (Lipinski definition) is 3. The molecule has 1 aliphatic carbocycles. The summed E-state index contributed by atoms with van der Waals surface area (Å²) in [6, 6.07) is 9.41. The third kappa shape index (κ3) is 3.71. The Kier molecular flexibility index (Phi) is 5.42. The van der Waals surface area contributed by atoms with E-state index in [9.17, 15) is 19.8 Å². The molecule has 1 saturated heterocycles. The number of likely N-dealkylation sites (tertiary alicyclic amines) is 1. The van der Waals surface area contributed by atoms with Gasteiger partial charge in [-0.05, 0) is 31.2 Å². The number of benzene rings is 1. The number of aliphatic carboxylic acids is 1. The zero-order chi connectivity index (χ0) is 17.9. The van der Waals surface area contributed by atoms with E-state index < -0.39 is 17.5 Å². The lowest BCUT2D eigenvalue weighted by atomic mass is 9.71. The van der Waals surface area contributed by atoms with Crippen LogP contribution >= 0.6 is 0 Å². The molecule has 1 heterocycles. The number of nitrogens with zero attached hydrogens (tertiary/aromatic N) is 1. The summed E-state index contributed by atoms with van der Waals surface area (Å²) in [4.78, 5) is 26.4. The molecule has 1 aliphatic heterocycles. The van der Waals surface area contributed by atoms with Gasteiger partial charge < -0.3 is 15.1 Å². The number of β-amino-alcohol motifs (C(OH)–C–C–N with tert-alkyl or cyclic N) is 1. The number of hydrogen-bond donors (Lipinski definition) is 2. The second-order valence-electron chi connectivity index (χ2n) is 7.51. The summed E-state index contributed by atoms with van der Waals surface area (Å²) in [5, 5.41) is 20.5. The summed E-state index contributed by atoms with van der Waals surface area (Å²) in [6.07, 6.45) is 4.71. The van der Waals surface area contributed by atoms with Crippen molar-refractivity contribution in [2.45, 2.75) is 51.0 Å². The van der Waals surface area contributed by atoms with Gasteiger partial charge in [-0.2, -0.15) is 0 Å². The molecule has 1 amide bonds. The minimum absolute atomic E-state index is 0.0485. The fraction of sp³-hybridized carbons (Fsp3) is 0.600. The van der Waals surface area contributed by atoms with Gasteiger partial charge in [-0.25, -0.2) is 0 Å². The van der Waals surface area contributed by atoms with Crippen LogP contribution in [-0.4, -0.2) is 46.2 Å². The van der Waals surface area contributed by atoms with Crippen LogP contribution in [-0.2, 0) is 16.0 Å². The molecule has 1 saturated carbocycles. The second-order valence-corrected chi connectivity index (χ2v) is 7.51. The van der Waals surface area contributed by atoms with Gasteiger partial charge >= 0.3 is 5.97 Å². The standard InChI is InChI=1S/C20H27NO4/c22-17-14-21(18(23)16-9-5-2-6-10-16)12-11-20(17,19(24)25)13-15-7-3-1-4-8-15/h1,3-4,7-8,16-17,22H,2,5-6,9-14H2,(H,24,25)/t17-,20+/m0/s1. The third-order valence-electron chi connectivity index (χ3n) is 5.91. The molecule has 3 rings (SSSR count). The van der Waals surface area contributed by atoms with Gasteiger partial charge in [0.05, 0.1) is 6.10 Å². The molecule has 1 aromatic rings. The molecular weight excluding hydrogens is 318 g/mol. The Morgan fingerprint density at radius 2 is 1.80 bits per heavy atom. The van der Waals surface area contributed by atoms with Crippen molar-refractivity contribution >= 4 is 11.9 Å². The normalized spacial score (nSPS) is 27.9. The van der Waals surface area contributed by atoms with Crippen molar-refractivity contribution in [3.8, 4) is 0 Å². The molecule has 0 unspecified atom stereocenters. The number of carbonyl (C=O) groups excluding carboxylic acids is 1. The van der Waals surface area contributed by atoms with Crippen LogP contribution in [0.15, 0.2) is 30.3 Å². The van der Waals surface area contributed by atoms with Crippen molar-refractivity contribution in [3.05, 3.63) is 35.9 Å². The minimum atomic E-state index is -1.22. The summed E-state index contributed by atoms with van der Waals surface area (Å²) in [7, 11) is 0. The van der Waals surface area contributed by atoms with Crippen molar-refractivity contribution < 1.29 is 19.8 Å². The largest absolute Gasteiger partial charge is 0.481 e. The summed E-state index contributed by atoms with van der Waals surface area (Å²) in [5.41, 5.74) is -0.318. The number of piperidine rings is 1. The average molecular weight is 345 g/mol. The Hall–Kier alpha value is -1.88. The van der Waals surface area contributed by atoms with E-state index in [1.807, 2.05) is 30.3 Å². The number of aliphatic hydroxyl groups excluding tert-OH is 1. The van der Waals surface area contributed by atoms with E-state index in [0.717, 1.165) is 31.2 Å². The lowest BCUT2D eigenvalue weighted by molar-refractivity contribution is -0.167. The molecule has 2 N–H and O–H groups in total. The van der Waals surface area contributed by atoms with E-state index in [2.05, 4.69) is 0 Å². The molecule has 2 atom stereocenters. The summed E-state index contributed by atoms with van der Waals surface area (Å²) < 4.78 is 0. The van der Waals surface area contributed by atoms with Gasteiger partial charge in [0.25, 0.3) is 0 Å². The Bertz CT molecular complexity index is 611. The number of amides is 1.